The zero-order valence-corrected chi connectivity index (χ0v) is 14.9. The first-order chi connectivity index (χ1) is 13.1. The summed E-state index contributed by atoms with van der Waals surface area (Å²) in [6.45, 7) is 0.953. The quantitative estimate of drug-likeness (QED) is 0.811. The van der Waals surface area contributed by atoms with E-state index in [9.17, 15) is 14.4 Å². The first kappa shape index (κ1) is 17.3. The van der Waals surface area contributed by atoms with Gasteiger partial charge in [0, 0.05) is 24.5 Å². The predicted octanol–water partition coefficient (Wildman–Crippen LogP) is 1.16. The molecule has 9 heteroatoms. The van der Waals surface area contributed by atoms with Crippen molar-refractivity contribution in [3.05, 3.63) is 30.0 Å². The fourth-order valence-corrected chi connectivity index (χ4v) is 3.78. The van der Waals surface area contributed by atoms with Crippen molar-refractivity contribution in [1.29, 1.82) is 0 Å². The third kappa shape index (κ3) is 2.98. The average Bonchev–Trinajstić information content (AvgIpc) is 3.30. The minimum Gasteiger partial charge on any atom is -0.467 e. The summed E-state index contributed by atoms with van der Waals surface area (Å²) in [4.78, 5) is 40.0. The Kier molecular flexibility index (Phi) is 4.43. The Hall–Kier alpha value is -3.10. The highest BCUT2D eigenvalue weighted by Crippen LogP contribution is 2.26. The van der Waals surface area contributed by atoms with E-state index in [1.165, 1.54) is 12.0 Å². The molecule has 0 unspecified atom stereocenters. The van der Waals surface area contributed by atoms with Crippen LogP contribution in [-0.4, -0.2) is 76.9 Å². The van der Waals surface area contributed by atoms with E-state index >= 15 is 0 Å². The van der Waals surface area contributed by atoms with Gasteiger partial charge in [0.05, 0.1) is 12.6 Å². The number of rotatable bonds is 3. The number of hydrogen-bond donors (Lipinski definition) is 1. The molecule has 0 radical (unpaired) electrons. The van der Waals surface area contributed by atoms with Crippen molar-refractivity contribution in [1.82, 2.24) is 20.0 Å². The number of carbonyl (C=O) groups is 3. The number of hydrogen-bond acceptors (Lipinski definition) is 6. The number of aromatic nitrogens is 2. The molecule has 2 saturated heterocycles. The third-order valence-electron chi connectivity index (χ3n) is 5.20. The molecule has 0 spiro atoms. The van der Waals surface area contributed by atoms with E-state index in [1.54, 1.807) is 4.90 Å². The molecule has 2 aromatic rings. The lowest BCUT2D eigenvalue weighted by atomic mass is 10.0. The number of para-hydroxylation sites is 1. The van der Waals surface area contributed by atoms with Gasteiger partial charge in [-0.3, -0.25) is 14.8 Å². The van der Waals surface area contributed by atoms with Gasteiger partial charge < -0.3 is 14.4 Å². The first-order valence-corrected chi connectivity index (χ1v) is 8.85. The van der Waals surface area contributed by atoms with Gasteiger partial charge in [-0.05, 0) is 18.9 Å². The maximum atomic E-state index is 12.9. The molecular formula is C18H20N4O5. The number of amides is 2. The van der Waals surface area contributed by atoms with Gasteiger partial charge in [-0.15, -0.1) is 0 Å². The number of nitrogens with zero attached hydrogens (tertiary/aromatic N) is 3. The number of carbonyl (C=O) groups excluding carboxylic acids is 3. The average molecular weight is 372 g/mol. The van der Waals surface area contributed by atoms with Crippen molar-refractivity contribution in [3.8, 4) is 0 Å². The Balaban J connectivity index is 1.45. The fraction of sp³-hybridized carbons (Fsp3) is 0.444. The fourth-order valence-electron chi connectivity index (χ4n) is 3.78. The van der Waals surface area contributed by atoms with Crippen LogP contribution in [0, 0.1) is 0 Å². The van der Waals surface area contributed by atoms with E-state index < -0.39 is 18.1 Å². The summed E-state index contributed by atoms with van der Waals surface area (Å²) in [5.74, 6) is -0.623. The van der Waals surface area contributed by atoms with Gasteiger partial charge in [-0.25, -0.2) is 9.59 Å². The summed E-state index contributed by atoms with van der Waals surface area (Å²) < 4.78 is 9.79. The molecule has 2 amide bonds. The van der Waals surface area contributed by atoms with Crippen molar-refractivity contribution in [2.75, 3.05) is 26.8 Å². The number of fused-ring (bicyclic) bond motifs is 1. The number of methoxy groups -OCH3 is 1. The van der Waals surface area contributed by atoms with Crippen molar-refractivity contribution in [2.24, 2.45) is 0 Å². The molecule has 9 nitrogen and oxygen atoms in total. The van der Waals surface area contributed by atoms with Crippen LogP contribution in [0.3, 0.4) is 0 Å². The molecule has 0 aliphatic carbocycles. The maximum absolute atomic E-state index is 12.9. The molecule has 0 bridgehead atoms. The topological polar surface area (TPSA) is 105 Å². The maximum Gasteiger partial charge on any atom is 0.410 e. The Labute approximate surface area is 155 Å². The molecule has 2 fully saturated rings. The second kappa shape index (κ2) is 6.90. The molecule has 2 aliphatic heterocycles. The van der Waals surface area contributed by atoms with Crippen LogP contribution in [0.15, 0.2) is 24.3 Å². The van der Waals surface area contributed by atoms with Crippen LogP contribution in [-0.2, 0) is 14.3 Å². The van der Waals surface area contributed by atoms with Gasteiger partial charge in [0.15, 0.2) is 11.7 Å². The van der Waals surface area contributed by atoms with E-state index in [1.807, 2.05) is 24.3 Å². The van der Waals surface area contributed by atoms with E-state index in [0.29, 0.717) is 31.6 Å². The summed E-state index contributed by atoms with van der Waals surface area (Å²) in [6.07, 6.45) is 0.626. The van der Waals surface area contributed by atoms with Gasteiger partial charge >= 0.3 is 12.1 Å². The number of piperidine rings is 1. The van der Waals surface area contributed by atoms with Gasteiger partial charge in [0.2, 0.25) is 0 Å². The number of H-pyrrole nitrogens is 1. The minimum absolute atomic E-state index is 0.00388. The zero-order chi connectivity index (χ0) is 19.0. The number of cyclic esters (lactones) is 1. The second-order valence-electron chi connectivity index (χ2n) is 6.66. The molecule has 4 rings (SSSR count). The van der Waals surface area contributed by atoms with Gasteiger partial charge in [0.25, 0.3) is 5.91 Å². The lowest BCUT2D eigenvalue weighted by molar-refractivity contribution is -0.145. The third-order valence-corrected chi connectivity index (χ3v) is 5.20. The molecule has 27 heavy (non-hydrogen) atoms. The molecule has 0 saturated carbocycles. The predicted molar refractivity (Wildman–Crippen MR) is 94.0 cm³/mol. The van der Waals surface area contributed by atoms with Crippen LogP contribution >= 0.6 is 0 Å². The van der Waals surface area contributed by atoms with Crippen LogP contribution in [0.25, 0.3) is 10.9 Å². The van der Waals surface area contributed by atoms with E-state index in [2.05, 4.69) is 10.2 Å². The number of benzene rings is 1. The molecule has 3 heterocycles. The van der Waals surface area contributed by atoms with Crippen molar-refractivity contribution in [2.45, 2.75) is 24.9 Å². The van der Waals surface area contributed by atoms with Crippen molar-refractivity contribution < 1.29 is 23.9 Å². The van der Waals surface area contributed by atoms with Gasteiger partial charge in [-0.2, -0.15) is 5.10 Å². The molecule has 1 aromatic heterocycles. The van der Waals surface area contributed by atoms with Crippen LogP contribution < -0.4 is 0 Å². The SMILES string of the molecule is COC(=O)[C@H]1COC(=O)N1C1CCN(C(=O)c2n[nH]c3ccccc23)CC1. The standard InChI is InChI=1S/C18H20N4O5/c1-26-17(24)14-10-27-18(25)22(14)11-6-8-21(9-7-11)16(23)15-12-4-2-3-5-13(12)19-20-15/h2-5,11,14H,6-10H2,1H3,(H,19,20)/t14-/m1/s1. The molecule has 1 aromatic carbocycles. The van der Waals surface area contributed by atoms with Crippen LogP contribution in [0.5, 0.6) is 0 Å². The summed E-state index contributed by atoms with van der Waals surface area (Å²) >= 11 is 0. The number of nitrogens with one attached hydrogen (secondary N) is 1. The van der Waals surface area contributed by atoms with E-state index in [4.69, 9.17) is 9.47 Å². The van der Waals surface area contributed by atoms with E-state index in [0.717, 1.165) is 10.9 Å². The lowest BCUT2D eigenvalue weighted by Gasteiger charge is -2.36. The van der Waals surface area contributed by atoms with Gasteiger partial charge in [-0.1, -0.05) is 18.2 Å². The molecule has 1 atom stereocenters. The summed E-state index contributed by atoms with van der Waals surface area (Å²) in [6, 6.07) is 6.60. The largest absolute Gasteiger partial charge is 0.467 e. The summed E-state index contributed by atoms with van der Waals surface area (Å²) in [5.41, 5.74) is 1.22. The van der Waals surface area contributed by atoms with E-state index in [-0.39, 0.29) is 18.6 Å². The number of likely N-dealkylation sites (tertiary alicyclic amines) is 1. The molecule has 1 N–H and O–H groups in total. The highest BCUT2D eigenvalue weighted by Gasteiger charge is 2.44. The first-order valence-electron chi connectivity index (χ1n) is 8.85. The van der Waals surface area contributed by atoms with Crippen LogP contribution in [0.2, 0.25) is 0 Å². The highest BCUT2D eigenvalue weighted by molar-refractivity contribution is 6.04. The van der Waals surface area contributed by atoms with Crippen molar-refractivity contribution >= 4 is 28.9 Å². The molecular weight excluding hydrogens is 352 g/mol. The molecule has 2 aliphatic rings. The number of esters is 1. The Bertz CT molecular complexity index is 887. The Morgan fingerprint density at radius 2 is 2.00 bits per heavy atom. The van der Waals surface area contributed by atoms with Crippen LogP contribution in [0.1, 0.15) is 23.3 Å². The van der Waals surface area contributed by atoms with Crippen molar-refractivity contribution in [3.63, 3.8) is 0 Å². The van der Waals surface area contributed by atoms with Crippen LogP contribution in [0.4, 0.5) is 4.79 Å². The highest BCUT2D eigenvalue weighted by atomic mass is 16.6. The van der Waals surface area contributed by atoms with Gasteiger partial charge in [0.1, 0.15) is 6.61 Å². The lowest BCUT2D eigenvalue weighted by Crippen LogP contribution is -2.52. The summed E-state index contributed by atoms with van der Waals surface area (Å²) in [5, 5.41) is 7.83. The zero-order valence-electron chi connectivity index (χ0n) is 14.9. The normalized spacial score (nSPS) is 20.8. The smallest absolute Gasteiger partial charge is 0.410 e. The Morgan fingerprint density at radius 1 is 1.26 bits per heavy atom. The second-order valence-corrected chi connectivity index (χ2v) is 6.66. The number of aromatic amines is 1. The minimum atomic E-state index is -0.718. The Morgan fingerprint density at radius 3 is 2.74 bits per heavy atom. The molecule has 142 valence electrons. The monoisotopic (exact) mass is 372 g/mol. The number of ether oxygens (including phenoxy) is 2. The summed E-state index contributed by atoms with van der Waals surface area (Å²) in [7, 11) is 1.29.